The van der Waals surface area contributed by atoms with Crippen LogP contribution < -0.4 is 5.32 Å². The van der Waals surface area contributed by atoms with Crippen LogP contribution in [0.2, 0.25) is 5.02 Å². The summed E-state index contributed by atoms with van der Waals surface area (Å²) in [5.41, 5.74) is 2.32. The van der Waals surface area contributed by atoms with E-state index in [-0.39, 0.29) is 5.91 Å². The van der Waals surface area contributed by atoms with E-state index in [9.17, 15) is 4.79 Å². The number of aromatic nitrogens is 3. The fourth-order valence-electron chi connectivity index (χ4n) is 2.14. The molecule has 0 bridgehead atoms. The third-order valence-corrected chi connectivity index (χ3v) is 3.61. The van der Waals surface area contributed by atoms with Crippen LogP contribution in [-0.2, 0) is 11.3 Å². The molecule has 5 nitrogen and oxygen atoms in total. The highest BCUT2D eigenvalue weighted by atomic mass is 35.5. The second kappa shape index (κ2) is 7.57. The molecule has 120 valence electrons. The number of carbonyl (C=O) groups excluding carboxylic acids is 1. The summed E-state index contributed by atoms with van der Waals surface area (Å²) >= 11 is 6.00. The molecule has 0 radical (unpaired) electrons. The first kappa shape index (κ1) is 16.0. The molecule has 0 aliphatic rings. The summed E-state index contributed by atoms with van der Waals surface area (Å²) in [5.74, 6) is -0.277. The number of anilines is 1. The van der Waals surface area contributed by atoms with Crippen molar-refractivity contribution in [2.24, 2.45) is 0 Å². The topological polar surface area (TPSA) is 59.8 Å². The molecule has 0 saturated heterocycles. The van der Waals surface area contributed by atoms with Crippen LogP contribution in [0.15, 0.2) is 66.9 Å². The van der Waals surface area contributed by atoms with Crippen LogP contribution in [0.1, 0.15) is 11.3 Å². The zero-order valence-electron chi connectivity index (χ0n) is 12.8. The number of rotatable bonds is 5. The fourth-order valence-corrected chi connectivity index (χ4v) is 2.32. The lowest BCUT2D eigenvalue weighted by atomic mass is 10.2. The highest BCUT2D eigenvalue weighted by molar-refractivity contribution is 6.33. The van der Waals surface area contributed by atoms with Crippen LogP contribution in [0.5, 0.6) is 0 Å². The normalized spacial score (nSPS) is 10.9. The molecule has 0 fully saturated rings. The van der Waals surface area contributed by atoms with Gasteiger partial charge < -0.3 is 5.32 Å². The van der Waals surface area contributed by atoms with Crippen molar-refractivity contribution in [2.45, 2.75) is 6.54 Å². The van der Waals surface area contributed by atoms with Gasteiger partial charge in [0, 0.05) is 6.08 Å². The maximum Gasteiger partial charge on any atom is 0.248 e. The van der Waals surface area contributed by atoms with E-state index in [4.69, 9.17) is 11.6 Å². The Labute approximate surface area is 144 Å². The van der Waals surface area contributed by atoms with E-state index in [0.29, 0.717) is 22.9 Å². The van der Waals surface area contributed by atoms with Crippen molar-refractivity contribution in [3.05, 3.63) is 83.2 Å². The summed E-state index contributed by atoms with van der Waals surface area (Å²) in [6, 6.07) is 17.0. The molecular weight excluding hydrogens is 324 g/mol. The fraction of sp³-hybridized carbons (Fsp3) is 0.0556. The Kier molecular flexibility index (Phi) is 5.03. The maximum absolute atomic E-state index is 11.9. The van der Waals surface area contributed by atoms with Gasteiger partial charge in [0.1, 0.15) is 5.69 Å². The van der Waals surface area contributed by atoms with Gasteiger partial charge in [0.05, 0.1) is 23.5 Å². The standard InChI is InChI=1S/C18H15ClN4O/c19-16-8-4-5-9-17(16)20-18(24)11-10-15-13-23(22-21-15)12-14-6-2-1-3-7-14/h1-11,13H,12H2,(H,20,24)/b11-10+. The molecule has 1 N–H and O–H groups in total. The van der Waals surface area contributed by atoms with E-state index < -0.39 is 0 Å². The molecule has 0 saturated carbocycles. The first-order chi connectivity index (χ1) is 11.7. The SMILES string of the molecule is O=C(/C=C/c1cn(Cc2ccccc2)nn1)Nc1ccccc1Cl. The van der Waals surface area contributed by atoms with Crippen molar-refractivity contribution < 1.29 is 4.79 Å². The molecule has 2 aromatic carbocycles. The maximum atomic E-state index is 11.9. The lowest BCUT2D eigenvalue weighted by Gasteiger charge is -2.03. The summed E-state index contributed by atoms with van der Waals surface area (Å²) in [4.78, 5) is 11.9. The van der Waals surface area contributed by atoms with Crippen molar-refractivity contribution in [3.63, 3.8) is 0 Å². The van der Waals surface area contributed by atoms with Gasteiger partial charge in [-0.25, -0.2) is 4.68 Å². The van der Waals surface area contributed by atoms with Crippen molar-refractivity contribution in [3.8, 4) is 0 Å². The quantitative estimate of drug-likeness (QED) is 0.723. The average molecular weight is 339 g/mol. The third kappa shape index (κ3) is 4.30. The van der Waals surface area contributed by atoms with Crippen LogP contribution in [0.25, 0.3) is 6.08 Å². The monoisotopic (exact) mass is 338 g/mol. The summed E-state index contributed by atoms with van der Waals surface area (Å²) in [6.07, 6.45) is 4.80. The molecule has 1 aromatic heterocycles. The zero-order chi connectivity index (χ0) is 16.8. The van der Waals surface area contributed by atoms with E-state index >= 15 is 0 Å². The number of amides is 1. The Hall–Kier alpha value is -2.92. The molecule has 1 heterocycles. The molecule has 3 aromatic rings. The summed E-state index contributed by atoms with van der Waals surface area (Å²) in [5, 5.41) is 11.3. The number of carbonyl (C=O) groups is 1. The van der Waals surface area contributed by atoms with Crippen LogP contribution in [0.4, 0.5) is 5.69 Å². The van der Waals surface area contributed by atoms with Gasteiger partial charge in [0.25, 0.3) is 0 Å². The van der Waals surface area contributed by atoms with Crippen molar-refractivity contribution in [2.75, 3.05) is 5.32 Å². The summed E-state index contributed by atoms with van der Waals surface area (Å²) in [7, 11) is 0. The molecule has 0 spiro atoms. The van der Waals surface area contributed by atoms with Gasteiger partial charge in [-0.05, 0) is 23.8 Å². The smallest absolute Gasteiger partial charge is 0.248 e. The molecule has 0 aliphatic heterocycles. The van der Waals surface area contributed by atoms with E-state index in [2.05, 4.69) is 15.6 Å². The third-order valence-electron chi connectivity index (χ3n) is 3.28. The number of nitrogens with zero attached hydrogens (tertiary/aromatic N) is 3. The minimum absolute atomic E-state index is 0.277. The number of hydrogen-bond donors (Lipinski definition) is 1. The largest absolute Gasteiger partial charge is 0.321 e. The molecular formula is C18H15ClN4O. The highest BCUT2D eigenvalue weighted by Crippen LogP contribution is 2.20. The molecule has 3 rings (SSSR count). The van der Waals surface area contributed by atoms with Crippen LogP contribution in [0, 0.1) is 0 Å². The van der Waals surface area contributed by atoms with Gasteiger partial charge >= 0.3 is 0 Å². The van der Waals surface area contributed by atoms with Crippen LogP contribution in [0.3, 0.4) is 0 Å². The molecule has 0 atom stereocenters. The lowest BCUT2D eigenvalue weighted by Crippen LogP contribution is -2.07. The number of benzene rings is 2. The van der Waals surface area contributed by atoms with Crippen molar-refractivity contribution in [1.29, 1.82) is 0 Å². The predicted octanol–water partition coefficient (Wildman–Crippen LogP) is 3.63. The molecule has 1 amide bonds. The summed E-state index contributed by atoms with van der Waals surface area (Å²) in [6.45, 7) is 0.632. The Balaban J connectivity index is 1.61. The summed E-state index contributed by atoms with van der Waals surface area (Å²) < 4.78 is 1.72. The van der Waals surface area contributed by atoms with Crippen molar-refractivity contribution >= 4 is 29.3 Å². The second-order valence-corrected chi connectivity index (χ2v) is 5.54. The number of halogens is 1. The van der Waals surface area contributed by atoms with Crippen molar-refractivity contribution in [1.82, 2.24) is 15.0 Å². The lowest BCUT2D eigenvalue weighted by molar-refractivity contribution is -0.111. The Morgan fingerprint density at radius 3 is 2.67 bits per heavy atom. The number of nitrogens with one attached hydrogen (secondary N) is 1. The number of para-hydroxylation sites is 1. The van der Waals surface area contributed by atoms with E-state index in [1.54, 1.807) is 41.2 Å². The molecule has 24 heavy (non-hydrogen) atoms. The molecule has 6 heteroatoms. The van der Waals surface area contributed by atoms with Gasteiger partial charge in [0.15, 0.2) is 0 Å². The predicted molar refractivity (Wildman–Crippen MR) is 94.7 cm³/mol. The minimum atomic E-state index is -0.277. The van der Waals surface area contributed by atoms with E-state index in [1.165, 1.54) is 6.08 Å². The number of hydrogen-bond acceptors (Lipinski definition) is 3. The van der Waals surface area contributed by atoms with Gasteiger partial charge in [-0.3, -0.25) is 4.79 Å². The zero-order valence-corrected chi connectivity index (χ0v) is 13.5. The first-order valence-corrected chi connectivity index (χ1v) is 7.76. The van der Waals surface area contributed by atoms with Crippen LogP contribution >= 0.6 is 11.6 Å². The van der Waals surface area contributed by atoms with Crippen LogP contribution in [-0.4, -0.2) is 20.9 Å². The molecule has 0 unspecified atom stereocenters. The van der Waals surface area contributed by atoms with Gasteiger partial charge in [0.2, 0.25) is 5.91 Å². The van der Waals surface area contributed by atoms with Gasteiger partial charge in [-0.1, -0.05) is 59.3 Å². The minimum Gasteiger partial charge on any atom is -0.321 e. The first-order valence-electron chi connectivity index (χ1n) is 7.38. The molecule has 0 aliphatic carbocycles. The average Bonchev–Trinajstić information content (AvgIpc) is 3.03. The van der Waals surface area contributed by atoms with E-state index in [1.807, 2.05) is 30.3 Å². The Bertz CT molecular complexity index is 858. The second-order valence-electron chi connectivity index (χ2n) is 5.13. The Morgan fingerprint density at radius 2 is 1.88 bits per heavy atom. The van der Waals surface area contributed by atoms with Gasteiger partial charge in [-0.2, -0.15) is 0 Å². The van der Waals surface area contributed by atoms with Gasteiger partial charge in [-0.15, -0.1) is 5.10 Å². The van der Waals surface area contributed by atoms with E-state index in [0.717, 1.165) is 5.56 Å². The Morgan fingerprint density at radius 1 is 1.12 bits per heavy atom. The highest BCUT2D eigenvalue weighted by Gasteiger charge is 2.03.